The molecule has 0 atom stereocenters. The smallest absolute Gasteiger partial charge is 0.262 e. The van der Waals surface area contributed by atoms with E-state index in [1.807, 2.05) is 30.3 Å². The lowest BCUT2D eigenvalue weighted by molar-refractivity contribution is 0.0953. The normalized spacial score (nSPS) is 11.0. The van der Waals surface area contributed by atoms with E-state index in [2.05, 4.69) is 20.5 Å². The summed E-state index contributed by atoms with van der Waals surface area (Å²) in [5.74, 6) is 1.24. The summed E-state index contributed by atoms with van der Waals surface area (Å²) in [5, 5.41) is 10.3. The van der Waals surface area contributed by atoms with Crippen molar-refractivity contribution in [3.8, 4) is 17.1 Å². The first kappa shape index (κ1) is 18.1. The van der Waals surface area contributed by atoms with Crippen molar-refractivity contribution in [2.75, 3.05) is 7.11 Å². The number of halogens is 1. The molecule has 28 heavy (non-hydrogen) atoms. The number of aromatic amines is 1. The standard InChI is InChI=1S/C20H17FN4O2S/c1-11-17-14(21)4-3-5-15(17)28-18(11)20(26)22-10-16-23-19(25-24-16)12-6-8-13(27-2)9-7-12/h3-9H,10H2,1-2H3,(H,22,26)(H,23,24,25). The van der Waals surface area contributed by atoms with Gasteiger partial charge >= 0.3 is 0 Å². The highest BCUT2D eigenvalue weighted by Crippen LogP contribution is 2.32. The summed E-state index contributed by atoms with van der Waals surface area (Å²) < 4.78 is 19.9. The molecule has 4 rings (SSSR count). The van der Waals surface area contributed by atoms with Crippen molar-refractivity contribution in [2.24, 2.45) is 0 Å². The van der Waals surface area contributed by atoms with Gasteiger partial charge in [0, 0.05) is 15.6 Å². The fraction of sp³-hybridized carbons (Fsp3) is 0.150. The van der Waals surface area contributed by atoms with Crippen LogP contribution in [-0.2, 0) is 6.54 Å². The minimum Gasteiger partial charge on any atom is -0.497 e. The number of nitrogens with zero attached hydrogens (tertiary/aromatic N) is 2. The highest BCUT2D eigenvalue weighted by molar-refractivity contribution is 7.21. The summed E-state index contributed by atoms with van der Waals surface area (Å²) in [6, 6.07) is 12.2. The summed E-state index contributed by atoms with van der Waals surface area (Å²) in [6.07, 6.45) is 0. The molecule has 2 N–H and O–H groups in total. The number of rotatable bonds is 5. The number of H-pyrrole nitrogens is 1. The number of carbonyl (C=O) groups excluding carboxylic acids is 1. The molecule has 0 aliphatic heterocycles. The van der Waals surface area contributed by atoms with E-state index in [4.69, 9.17) is 4.74 Å². The number of thiophene rings is 1. The van der Waals surface area contributed by atoms with Gasteiger partial charge in [0.1, 0.15) is 17.4 Å². The third-order valence-corrected chi connectivity index (χ3v) is 5.66. The lowest BCUT2D eigenvalue weighted by Gasteiger charge is -2.02. The Kier molecular flexibility index (Phi) is 4.79. The van der Waals surface area contributed by atoms with Gasteiger partial charge in [0.25, 0.3) is 5.91 Å². The molecule has 0 aliphatic carbocycles. The van der Waals surface area contributed by atoms with Gasteiger partial charge in [-0.3, -0.25) is 9.89 Å². The largest absolute Gasteiger partial charge is 0.497 e. The molecule has 0 spiro atoms. The van der Waals surface area contributed by atoms with Gasteiger partial charge in [0.15, 0.2) is 5.82 Å². The molecule has 2 aromatic heterocycles. The average Bonchev–Trinajstić information content (AvgIpc) is 3.32. The first-order valence-electron chi connectivity index (χ1n) is 8.58. The van der Waals surface area contributed by atoms with E-state index in [0.717, 1.165) is 16.0 Å². The number of nitrogens with one attached hydrogen (secondary N) is 2. The summed E-state index contributed by atoms with van der Waals surface area (Å²) in [4.78, 5) is 17.5. The Morgan fingerprint density at radius 3 is 2.75 bits per heavy atom. The number of aryl methyl sites for hydroxylation is 1. The van der Waals surface area contributed by atoms with Crippen LogP contribution in [0.3, 0.4) is 0 Å². The van der Waals surface area contributed by atoms with Crippen LogP contribution in [0.15, 0.2) is 42.5 Å². The summed E-state index contributed by atoms with van der Waals surface area (Å²) in [6.45, 7) is 1.95. The van der Waals surface area contributed by atoms with Gasteiger partial charge in [-0.2, -0.15) is 5.10 Å². The van der Waals surface area contributed by atoms with E-state index in [1.165, 1.54) is 17.4 Å². The number of fused-ring (bicyclic) bond motifs is 1. The van der Waals surface area contributed by atoms with Crippen LogP contribution in [0.1, 0.15) is 21.1 Å². The predicted molar refractivity (Wildman–Crippen MR) is 106 cm³/mol. The first-order valence-corrected chi connectivity index (χ1v) is 9.40. The van der Waals surface area contributed by atoms with Crippen molar-refractivity contribution in [3.05, 3.63) is 64.5 Å². The zero-order chi connectivity index (χ0) is 19.7. The number of benzene rings is 2. The molecule has 4 aromatic rings. The Bertz CT molecular complexity index is 1150. The topological polar surface area (TPSA) is 79.9 Å². The predicted octanol–water partition coefficient (Wildman–Crippen LogP) is 4.07. The quantitative estimate of drug-likeness (QED) is 0.533. The maximum atomic E-state index is 14.0. The molecule has 0 saturated carbocycles. The average molecular weight is 396 g/mol. The molecule has 6 nitrogen and oxygen atoms in total. The zero-order valence-electron chi connectivity index (χ0n) is 15.2. The number of hydrogen-bond donors (Lipinski definition) is 2. The second-order valence-electron chi connectivity index (χ2n) is 6.19. The number of hydrogen-bond acceptors (Lipinski definition) is 5. The van der Waals surface area contributed by atoms with Crippen LogP contribution in [0.5, 0.6) is 5.75 Å². The Morgan fingerprint density at radius 1 is 1.25 bits per heavy atom. The second-order valence-corrected chi connectivity index (χ2v) is 7.24. The molecule has 0 aliphatic rings. The molecule has 2 heterocycles. The Labute approximate surface area is 164 Å². The van der Waals surface area contributed by atoms with E-state index >= 15 is 0 Å². The zero-order valence-corrected chi connectivity index (χ0v) is 16.1. The van der Waals surface area contributed by atoms with Crippen molar-refractivity contribution >= 4 is 27.3 Å². The molecule has 0 unspecified atom stereocenters. The molecule has 0 fully saturated rings. The lowest BCUT2D eigenvalue weighted by Crippen LogP contribution is -2.23. The van der Waals surface area contributed by atoms with Gasteiger partial charge in [-0.25, -0.2) is 9.37 Å². The highest BCUT2D eigenvalue weighted by atomic mass is 32.1. The van der Waals surface area contributed by atoms with Gasteiger partial charge in [-0.1, -0.05) is 6.07 Å². The Balaban J connectivity index is 1.48. The van der Waals surface area contributed by atoms with E-state index in [9.17, 15) is 9.18 Å². The van der Waals surface area contributed by atoms with Crippen LogP contribution in [-0.4, -0.2) is 28.2 Å². The van der Waals surface area contributed by atoms with Crippen molar-refractivity contribution in [1.82, 2.24) is 20.5 Å². The van der Waals surface area contributed by atoms with E-state index in [-0.39, 0.29) is 18.3 Å². The summed E-state index contributed by atoms with van der Waals surface area (Å²) in [7, 11) is 1.61. The molecule has 142 valence electrons. The van der Waals surface area contributed by atoms with Gasteiger partial charge in [-0.15, -0.1) is 11.3 Å². The monoisotopic (exact) mass is 396 g/mol. The van der Waals surface area contributed by atoms with Gasteiger partial charge in [0.2, 0.25) is 0 Å². The Hall–Kier alpha value is -3.26. The minimum atomic E-state index is -0.315. The SMILES string of the molecule is COc1ccc(-c2n[nH]c(CNC(=O)c3sc4cccc(F)c4c3C)n2)cc1. The maximum Gasteiger partial charge on any atom is 0.262 e. The van der Waals surface area contributed by atoms with Gasteiger partial charge in [0.05, 0.1) is 18.5 Å². The van der Waals surface area contributed by atoms with E-state index < -0.39 is 0 Å². The maximum absolute atomic E-state index is 14.0. The van der Waals surface area contributed by atoms with E-state index in [0.29, 0.717) is 27.5 Å². The second kappa shape index (κ2) is 7.40. The number of amides is 1. The van der Waals surface area contributed by atoms with Crippen LogP contribution in [0.2, 0.25) is 0 Å². The summed E-state index contributed by atoms with van der Waals surface area (Å²) in [5.41, 5.74) is 1.48. The third-order valence-electron chi connectivity index (χ3n) is 4.41. The first-order chi connectivity index (χ1) is 13.6. The fourth-order valence-electron chi connectivity index (χ4n) is 2.96. The molecule has 0 bridgehead atoms. The van der Waals surface area contributed by atoms with Crippen LogP contribution in [0, 0.1) is 12.7 Å². The number of carbonyl (C=O) groups is 1. The molecule has 2 aromatic carbocycles. The van der Waals surface area contributed by atoms with Crippen molar-refractivity contribution in [1.29, 1.82) is 0 Å². The van der Waals surface area contributed by atoms with Crippen molar-refractivity contribution < 1.29 is 13.9 Å². The minimum absolute atomic E-state index is 0.193. The Morgan fingerprint density at radius 2 is 2.04 bits per heavy atom. The fourth-order valence-corrected chi connectivity index (χ4v) is 4.10. The van der Waals surface area contributed by atoms with Crippen LogP contribution in [0.4, 0.5) is 4.39 Å². The molecule has 8 heteroatoms. The van der Waals surface area contributed by atoms with E-state index in [1.54, 1.807) is 20.1 Å². The van der Waals surface area contributed by atoms with Gasteiger partial charge in [-0.05, 0) is 48.9 Å². The molecular formula is C20H17FN4O2S. The number of methoxy groups -OCH3 is 1. The lowest BCUT2D eigenvalue weighted by atomic mass is 10.1. The molecular weight excluding hydrogens is 379 g/mol. The summed E-state index contributed by atoms with van der Waals surface area (Å²) >= 11 is 1.28. The van der Waals surface area contributed by atoms with Crippen LogP contribution < -0.4 is 10.1 Å². The number of ether oxygens (including phenoxy) is 1. The molecule has 0 radical (unpaired) electrons. The van der Waals surface area contributed by atoms with Crippen molar-refractivity contribution in [3.63, 3.8) is 0 Å². The third kappa shape index (κ3) is 3.34. The van der Waals surface area contributed by atoms with Gasteiger partial charge < -0.3 is 10.1 Å². The molecule has 0 saturated heterocycles. The highest BCUT2D eigenvalue weighted by Gasteiger charge is 2.18. The number of aromatic nitrogens is 3. The van der Waals surface area contributed by atoms with Crippen LogP contribution >= 0.6 is 11.3 Å². The molecule has 1 amide bonds. The van der Waals surface area contributed by atoms with Crippen LogP contribution in [0.25, 0.3) is 21.5 Å². The van der Waals surface area contributed by atoms with Crippen molar-refractivity contribution in [2.45, 2.75) is 13.5 Å².